The van der Waals surface area contributed by atoms with Crippen molar-refractivity contribution in [1.82, 2.24) is 19.9 Å². The zero-order valence-corrected chi connectivity index (χ0v) is 13.5. The number of furan rings is 1. The van der Waals surface area contributed by atoms with E-state index in [0.29, 0.717) is 11.3 Å². The molecule has 0 saturated carbocycles. The average molecular weight is 353 g/mol. The highest BCUT2D eigenvalue weighted by Crippen LogP contribution is 2.11. The van der Waals surface area contributed by atoms with Gasteiger partial charge in [0.1, 0.15) is 11.7 Å². The molecule has 0 radical (unpaired) electrons. The van der Waals surface area contributed by atoms with Crippen molar-refractivity contribution in [3.8, 4) is 5.69 Å². The van der Waals surface area contributed by atoms with E-state index in [1.165, 1.54) is 29.6 Å². The Morgan fingerprint density at radius 2 is 2.08 bits per heavy atom. The smallest absolute Gasteiger partial charge is 0.287 e. The molecule has 3 aromatic rings. The Labute approximate surface area is 147 Å². The van der Waals surface area contributed by atoms with Crippen LogP contribution in [0.1, 0.15) is 16.1 Å². The van der Waals surface area contributed by atoms with E-state index in [1.807, 2.05) is 0 Å². The first kappa shape index (κ1) is 17.1. The van der Waals surface area contributed by atoms with Gasteiger partial charge in [-0.1, -0.05) is 0 Å². The molecule has 0 spiro atoms. The highest BCUT2D eigenvalue weighted by atomic mass is 16.3. The van der Waals surface area contributed by atoms with E-state index in [4.69, 9.17) is 10.2 Å². The molecule has 0 aliphatic heterocycles. The standard InChI is InChI=1S/C17H15N5O4/c18-16(24)15(23)13(6-11-3-5-26-9-11)21-17(25)14-8-20-10-22(14)12-2-1-4-19-7-12/h1-5,7-10,13H,6H2,(H2,18,24)(H,21,25). The number of aromatic nitrogens is 3. The summed E-state index contributed by atoms with van der Waals surface area (Å²) in [6.45, 7) is 0. The van der Waals surface area contributed by atoms with Crippen LogP contribution in [0.25, 0.3) is 5.69 Å². The van der Waals surface area contributed by atoms with E-state index >= 15 is 0 Å². The molecule has 1 unspecified atom stereocenters. The number of nitrogens with two attached hydrogens (primary N) is 1. The maximum atomic E-state index is 12.6. The van der Waals surface area contributed by atoms with Gasteiger partial charge in [0.15, 0.2) is 0 Å². The second-order valence-corrected chi connectivity index (χ2v) is 5.45. The van der Waals surface area contributed by atoms with Crippen LogP contribution in [0.15, 0.2) is 60.1 Å². The summed E-state index contributed by atoms with van der Waals surface area (Å²) in [7, 11) is 0. The monoisotopic (exact) mass is 353 g/mol. The van der Waals surface area contributed by atoms with Crippen LogP contribution in [0, 0.1) is 0 Å². The molecule has 9 nitrogen and oxygen atoms in total. The molecular formula is C17H15N5O4. The van der Waals surface area contributed by atoms with Crippen LogP contribution in [0.5, 0.6) is 0 Å². The van der Waals surface area contributed by atoms with Crippen LogP contribution in [-0.2, 0) is 16.0 Å². The van der Waals surface area contributed by atoms with Gasteiger partial charge in [-0.05, 0) is 23.8 Å². The summed E-state index contributed by atoms with van der Waals surface area (Å²) in [4.78, 5) is 44.0. The highest BCUT2D eigenvalue weighted by Gasteiger charge is 2.27. The van der Waals surface area contributed by atoms with Crippen molar-refractivity contribution in [2.75, 3.05) is 0 Å². The number of nitrogens with zero attached hydrogens (tertiary/aromatic N) is 3. The maximum absolute atomic E-state index is 12.6. The lowest BCUT2D eigenvalue weighted by atomic mass is 10.0. The van der Waals surface area contributed by atoms with Gasteiger partial charge >= 0.3 is 0 Å². The van der Waals surface area contributed by atoms with Gasteiger partial charge in [0.2, 0.25) is 5.78 Å². The van der Waals surface area contributed by atoms with Crippen LogP contribution in [0.2, 0.25) is 0 Å². The first-order valence-electron chi connectivity index (χ1n) is 7.64. The molecule has 132 valence electrons. The van der Waals surface area contributed by atoms with Crippen LogP contribution in [-0.4, -0.2) is 38.2 Å². The number of amides is 2. The molecule has 9 heteroatoms. The summed E-state index contributed by atoms with van der Waals surface area (Å²) in [6.07, 6.45) is 8.90. The van der Waals surface area contributed by atoms with Crippen LogP contribution in [0.4, 0.5) is 0 Å². The van der Waals surface area contributed by atoms with E-state index in [1.54, 1.807) is 30.6 Å². The Bertz CT molecular complexity index is 918. The van der Waals surface area contributed by atoms with Crippen LogP contribution in [0.3, 0.4) is 0 Å². The number of Topliss-reactive ketones (excluding diaryl/α,β-unsaturated/α-hetero) is 1. The Morgan fingerprint density at radius 3 is 2.73 bits per heavy atom. The summed E-state index contributed by atoms with van der Waals surface area (Å²) in [5, 5.41) is 2.54. The molecule has 0 aliphatic rings. The van der Waals surface area contributed by atoms with Crippen LogP contribution >= 0.6 is 0 Å². The van der Waals surface area contributed by atoms with Gasteiger partial charge in [-0.25, -0.2) is 4.98 Å². The molecule has 3 heterocycles. The number of nitrogens with one attached hydrogen (secondary N) is 1. The largest absolute Gasteiger partial charge is 0.472 e. The van der Waals surface area contributed by atoms with E-state index < -0.39 is 23.6 Å². The molecule has 0 aromatic carbocycles. The second kappa shape index (κ2) is 7.43. The highest BCUT2D eigenvalue weighted by molar-refractivity contribution is 6.38. The summed E-state index contributed by atoms with van der Waals surface area (Å²) >= 11 is 0. The molecule has 1 atom stereocenters. The SMILES string of the molecule is NC(=O)C(=O)C(Cc1ccoc1)NC(=O)c1cncn1-c1cccnc1. The fourth-order valence-corrected chi connectivity index (χ4v) is 2.42. The van der Waals surface area contributed by atoms with Crippen molar-refractivity contribution in [1.29, 1.82) is 0 Å². The number of rotatable bonds is 7. The average Bonchev–Trinajstić information content (AvgIpc) is 3.32. The minimum Gasteiger partial charge on any atom is -0.472 e. The summed E-state index contributed by atoms with van der Waals surface area (Å²) in [6, 6.07) is 3.99. The predicted octanol–water partition coefficient (Wildman–Crippen LogP) is 0.256. The lowest BCUT2D eigenvalue weighted by Crippen LogP contribution is -2.47. The topological polar surface area (TPSA) is 133 Å². The minimum atomic E-state index is -1.13. The number of hydrogen-bond acceptors (Lipinski definition) is 6. The molecular weight excluding hydrogens is 338 g/mol. The van der Waals surface area contributed by atoms with Crippen molar-refractivity contribution in [3.63, 3.8) is 0 Å². The lowest BCUT2D eigenvalue weighted by Gasteiger charge is -2.16. The van der Waals surface area contributed by atoms with Crippen molar-refractivity contribution >= 4 is 17.6 Å². The third-order valence-electron chi connectivity index (χ3n) is 3.68. The zero-order valence-electron chi connectivity index (χ0n) is 13.5. The number of pyridine rings is 1. The van der Waals surface area contributed by atoms with Gasteiger partial charge in [-0.2, -0.15) is 0 Å². The van der Waals surface area contributed by atoms with Gasteiger partial charge < -0.3 is 15.5 Å². The molecule has 3 N–H and O–H groups in total. The number of carbonyl (C=O) groups excluding carboxylic acids is 3. The van der Waals surface area contributed by atoms with E-state index in [-0.39, 0.29) is 12.1 Å². The number of imidazole rings is 1. The molecule has 3 rings (SSSR count). The summed E-state index contributed by atoms with van der Waals surface area (Å²) in [5.41, 5.74) is 6.55. The van der Waals surface area contributed by atoms with E-state index in [9.17, 15) is 14.4 Å². The van der Waals surface area contributed by atoms with Crippen molar-refractivity contribution in [3.05, 3.63) is 66.9 Å². The number of hydrogen-bond donors (Lipinski definition) is 2. The number of ketones is 1. The molecule has 26 heavy (non-hydrogen) atoms. The summed E-state index contributed by atoms with van der Waals surface area (Å²) < 4.78 is 6.47. The first-order valence-corrected chi connectivity index (χ1v) is 7.64. The van der Waals surface area contributed by atoms with Crippen LogP contribution < -0.4 is 11.1 Å². The fraction of sp³-hybridized carbons (Fsp3) is 0.118. The fourth-order valence-electron chi connectivity index (χ4n) is 2.42. The first-order chi connectivity index (χ1) is 12.6. The van der Waals surface area contributed by atoms with E-state index in [2.05, 4.69) is 15.3 Å². The van der Waals surface area contributed by atoms with Crippen molar-refractivity contribution < 1.29 is 18.8 Å². The normalized spacial score (nSPS) is 11.7. The van der Waals surface area contributed by atoms with Crippen molar-refractivity contribution in [2.45, 2.75) is 12.5 Å². The summed E-state index contributed by atoms with van der Waals surface area (Å²) in [5.74, 6) is -2.60. The van der Waals surface area contributed by atoms with Gasteiger partial charge in [-0.15, -0.1) is 0 Å². The van der Waals surface area contributed by atoms with E-state index in [0.717, 1.165) is 0 Å². The quantitative estimate of drug-likeness (QED) is 0.585. The Morgan fingerprint density at radius 1 is 1.23 bits per heavy atom. The second-order valence-electron chi connectivity index (χ2n) is 5.45. The Kier molecular flexibility index (Phi) is 4.88. The molecule has 0 aliphatic carbocycles. The Balaban J connectivity index is 1.83. The number of carbonyl (C=O) groups is 3. The maximum Gasteiger partial charge on any atom is 0.287 e. The van der Waals surface area contributed by atoms with Gasteiger partial charge in [0.25, 0.3) is 11.8 Å². The van der Waals surface area contributed by atoms with Gasteiger partial charge in [-0.3, -0.25) is 23.9 Å². The molecule has 2 amide bonds. The minimum absolute atomic E-state index is 0.0744. The zero-order chi connectivity index (χ0) is 18.5. The molecule has 0 fully saturated rings. The third-order valence-corrected chi connectivity index (χ3v) is 3.68. The molecule has 0 saturated heterocycles. The lowest BCUT2D eigenvalue weighted by molar-refractivity contribution is -0.137. The number of primary amides is 1. The molecule has 0 bridgehead atoms. The molecule has 3 aromatic heterocycles. The van der Waals surface area contributed by atoms with Crippen molar-refractivity contribution in [2.24, 2.45) is 5.73 Å². The third kappa shape index (κ3) is 3.66. The Hall–Kier alpha value is -3.75. The van der Waals surface area contributed by atoms with Gasteiger partial charge in [0.05, 0.1) is 36.9 Å². The van der Waals surface area contributed by atoms with Gasteiger partial charge in [0, 0.05) is 12.6 Å². The predicted molar refractivity (Wildman–Crippen MR) is 89.2 cm³/mol.